The summed E-state index contributed by atoms with van der Waals surface area (Å²) >= 11 is 11.8. The van der Waals surface area contributed by atoms with Crippen LogP contribution in [0.1, 0.15) is 23.2 Å². The summed E-state index contributed by atoms with van der Waals surface area (Å²) in [5, 5.41) is 3.35. The number of rotatable bonds is 3. The number of hydrogen-bond donors (Lipinski definition) is 1. The summed E-state index contributed by atoms with van der Waals surface area (Å²) in [7, 11) is 0. The molecule has 1 aliphatic heterocycles. The van der Waals surface area contributed by atoms with Crippen LogP contribution in [0.25, 0.3) is 0 Å². The SMILES string of the molecule is O=C(Nc1ccccc1F)C1CCN(C(=O)c2ccc(Cl)c(Cl)c2)CC1. The van der Waals surface area contributed by atoms with Gasteiger partial charge in [-0.15, -0.1) is 0 Å². The highest BCUT2D eigenvalue weighted by Gasteiger charge is 2.28. The van der Waals surface area contributed by atoms with E-state index in [0.717, 1.165) is 0 Å². The van der Waals surface area contributed by atoms with Crippen molar-refractivity contribution in [1.82, 2.24) is 4.90 Å². The Labute approximate surface area is 160 Å². The third-order valence-electron chi connectivity index (χ3n) is 4.45. The Morgan fingerprint density at radius 1 is 1.04 bits per heavy atom. The van der Waals surface area contributed by atoms with Gasteiger partial charge >= 0.3 is 0 Å². The molecule has 1 N–H and O–H groups in total. The third-order valence-corrected chi connectivity index (χ3v) is 5.19. The van der Waals surface area contributed by atoms with Crippen LogP contribution in [-0.4, -0.2) is 29.8 Å². The summed E-state index contributed by atoms with van der Waals surface area (Å²) in [6, 6.07) is 10.8. The van der Waals surface area contributed by atoms with E-state index in [2.05, 4.69) is 5.32 Å². The molecular formula is C19H17Cl2FN2O2. The highest BCUT2D eigenvalue weighted by Crippen LogP contribution is 2.25. The normalized spacial score (nSPS) is 15.0. The number of halogens is 3. The Kier molecular flexibility index (Phi) is 5.79. The van der Waals surface area contributed by atoms with Gasteiger partial charge in [-0.3, -0.25) is 9.59 Å². The van der Waals surface area contributed by atoms with Gasteiger partial charge in [0.1, 0.15) is 5.82 Å². The van der Waals surface area contributed by atoms with Crippen molar-refractivity contribution < 1.29 is 14.0 Å². The fourth-order valence-electron chi connectivity index (χ4n) is 2.95. The largest absolute Gasteiger partial charge is 0.339 e. The van der Waals surface area contributed by atoms with Crippen LogP contribution in [0, 0.1) is 11.7 Å². The zero-order valence-electron chi connectivity index (χ0n) is 13.8. The van der Waals surface area contributed by atoms with E-state index in [-0.39, 0.29) is 23.4 Å². The fraction of sp³-hybridized carbons (Fsp3) is 0.263. The van der Waals surface area contributed by atoms with Crippen molar-refractivity contribution in [2.24, 2.45) is 5.92 Å². The molecule has 0 atom stereocenters. The maximum Gasteiger partial charge on any atom is 0.253 e. The molecule has 2 amide bonds. The van der Waals surface area contributed by atoms with E-state index in [1.807, 2.05) is 0 Å². The molecule has 1 saturated heterocycles. The Balaban J connectivity index is 1.58. The summed E-state index contributed by atoms with van der Waals surface area (Å²) in [6.07, 6.45) is 1.04. The van der Waals surface area contributed by atoms with Gasteiger partial charge < -0.3 is 10.2 Å². The lowest BCUT2D eigenvalue weighted by Crippen LogP contribution is -2.41. The first-order chi connectivity index (χ1) is 12.5. The highest BCUT2D eigenvalue weighted by atomic mass is 35.5. The molecule has 0 unspecified atom stereocenters. The number of amides is 2. The average Bonchev–Trinajstić information content (AvgIpc) is 2.65. The zero-order chi connectivity index (χ0) is 18.7. The van der Waals surface area contributed by atoms with Gasteiger partial charge in [0, 0.05) is 24.6 Å². The first-order valence-electron chi connectivity index (χ1n) is 8.25. The van der Waals surface area contributed by atoms with Gasteiger partial charge in [-0.05, 0) is 43.2 Å². The number of hydrogen-bond acceptors (Lipinski definition) is 2. The average molecular weight is 395 g/mol. The Hall–Kier alpha value is -2.11. The van der Waals surface area contributed by atoms with E-state index in [0.29, 0.717) is 41.5 Å². The number of para-hydroxylation sites is 1. The van der Waals surface area contributed by atoms with Gasteiger partial charge in [0.2, 0.25) is 5.91 Å². The summed E-state index contributed by atoms with van der Waals surface area (Å²) in [6.45, 7) is 0.906. The first kappa shape index (κ1) is 18.7. The van der Waals surface area contributed by atoms with Crippen molar-refractivity contribution in [3.63, 3.8) is 0 Å². The molecule has 0 spiro atoms. The molecule has 136 valence electrons. The van der Waals surface area contributed by atoms with E-state index in [1.54, 1.807) is 35.2 Å². The second kappa shape index (κ2) is 8.06. The highest BCUT2D eigenvalue weighted by molar-refractivity contribution is 6.42. The Bertz CT molecular complexity index is 836. The number of carbonyl (C=O) groups is 2. The number of anilines is 1. The van der Waals surface area contributed by atoms with Gasteiger partial charge in [0.05, 0.1) is 15.7 Å². The van der Waals surface area contributed by atoms with Crippen LogP contribution in [0.5, 0.6) is 0 Å². The molecule has 1 heterocycles. The summed E-state index contributed by atoms with van der Waals surface area (Å²) in [4.78, 5) is 26.6. The molecular weight excluding hydrogens is 378 g/mol. The number of likely N-dealkylation sites (tertiary alicyclic amines) is 1. The fourth-order valence-corrected chi connectivity index (χ4v) is 3.25. The summed E-state index contributed by atoms with van der Waals surface area (Å²) in [5.41, 5.74) is 0.639. The summed E-state index contributed by atoms with van der Waals surface area (Å²) in [5.74, 6) is -1.09. The molecule has 0 radical (unpaired) electrons. The number of nitrogens with zero attached hydrogens (tertiary/aromatic N) is 1. The molecule has 0 aromatic heterocycles. The van der Waals surface area contributed by atoms with Crippen molar-refractivity contribution in [1.29, 1.82) is 0 Å². The first-order valence-corrected chi connectivity index (χ1v) is 9.01. The molecule has 2 aromatic carbocycles. The Morgan fingerprint density at radius 2 is 1.73 bits per heavy atom. The second-order valence-corrected chi connectivity index (χ2v) is 6.98. The van der Waals surface area contributed by atoms with Crippen molar-refractivity contribution in [2.45, 2.75) is 12.8 Å². The minimum absolute atomic E-state index is 0.142. The minimum Gasteiger partial charge on any atom is -0.339 e. The van der Waals surface area contributed by atoms with E-state index >= 15 is 0 Å². The van der Waals surface area contributed by atoms with Gasteiger partial charge in [0.25, 0.3) is 5.91 Å². The van der Waals surface area contributed by atoms with Gasteiger partial charge in [-0.2, -0.15) is 0 Å². The smallest absolute Gasteiger partial charge is 0.253 e. The molecule has 0 aliphatic carbocycles. The van der Waals surface area contributed by atoms with Crippen LogP contribution in [-0.2, 0) is 4.79 Å². The molecule has 4 nitrogen and oxygen atoms in total. The predicted octanol–water partition coefficient (Wildman–Crippen LogP) is 4.62. The quantitative estimate of drug-likeness (QED) is 0.825. The van der Waals surface area contributed by atoms with Gasteiger partial charge in [-0.25, -0.2) is 4.39 Å². The standard InChI is InChI=1S/C19H17Cl2FN2O2/c20-14-6-5-13(11-15(14)21)19(26)24-9-7-12(8-10-24)18(25)23-17-4-2-1-3-16(17)22/h1-6,11-12H,7-10H2,(H,23,25). The van der Waals surface area contributed by atoms with Crippen molar-refractivity contribution in [3.8, 4) is 0 Å². The van der Waals surface area contributed by atoms with Crippen molar-refractivity contribution in [2.75, 3.05) is 18.4 Å². The molecule has 0 bridgehead atoms. The van der Waals surface area contributed by atoms with Crippen LogP contribution >= 0.6 is 23.2 Å². The minimum atomic E-state index is -0.465. The number of piperidine rings is 1. The monoisotopic (exact) mass is 394 g/mol. The topological polar surface area (TPSA) is 49.4 Å². The number of carbonyl (C=O) groups excluding carboxylic acids is 2. The van der Waals surface area contributed by atoms with Crippen LogP contribution in [0.4, 0.5) is 10.1 Å². The van der Waals surface area contributed by atoms with E-state index in [4.69, 9.17) is 23.2 Å². The van der Waals surface area contributed by atoms with Crippen molar-refractivity contribution in [3.05, 3.63) is 63.9 Å². The van der Waals surface area contributed by atoms with Crippen LogP contribution < -0.4 is 5.32 Å². The molecule has 1 fully saturated rings. The Morgan fingerprint density at radius 3 is 2.38 bits per heavy atom. The predicted molar refractivity (Wildman–Crippen MR) is 100 cm³/mol. The molecule has 26 heavy (non-hydrogen) atoms. The van der Waals surface area contributed by atoms with E-state index in [9.17, 15) is 14.0 Å². The van der Waals surface area contributed by atoms with Crippen molar-refractivity contribution >= 4 is 40.7 Å². The van der Waals surface area contributed by atoms with Gasteiger partial charge in [0.15, 0.2) is 0 Å². The maximum atomic E-state index is 13.6. The lowest BCUT2D eigenvalue weighted by atomic mass is 9.95. The lowest BCUT2D eigenvalue weighted by Gasteiger charge is -2.31. The van der Waals surface area contributed by atoms with Gasteiger partial charge in [-0.1, -0.05) is 35.3 Å². The molecule has 2 aromatic rings. The summed E-state index contributed by atoms with van der Waals surface area (Å²) < 4.78 is 13.6. The van der Waals surface area contributed by atoms with Crippen LogP contribution in [0.3, 0.4) is 0 Å². The second-order valence-electron chi connectivity index (χ2n) is 6.16. The number of nitrogens with one attached hydrogen (secondary N) is 1. The molecule has 1 aliphatic rings. The molecule has 7 heteroatoms. The number of benzene rings is 2. The van der Waals surface area contributed by atoms with Crippen LogP contribution in [0.15, 0.2) is 42.5 Å². The van der Waals surface area contributed by atoms with E-state index < -0.39 is 5.82 Å². The molecule has 0 saturated carbocycles. The zero-order valence-corrected chi connectivity index (χ0v) is 15.4. The maximum absolute atomic E-state index is 13.6. The van der Waals surface area contributed by atoms with Crippen LogP contribution in [0.2, 0.25) is 10.0 Å². The van der Waals surface area contributed by atoms with E-state index in [1.165, 1.54) is 12.1 Å². The lowest BCUT2D eigenvalue weighted by molar-refractivity contribution is -0.121. The third kappa shape index (κ3) is 4.17. The molecule has 3 rings (SSSR count).